The molecule has 0 bridgehead atoms. The van der Waals surface area contributed by atoms with Gasteiger partial charge in [-0.2, -0.15) is 0 Å². The third-order valence-corrected chi connectivity index (χ3v) is 16.2. The Morgan fingerprint density at radius 2 is 0.216 bits per heavy atom. The number of rotatable bonds is 24. The summed E-state index contributed by atoms with van der Waals surface area (Å²) in [5.41, 5.74) is 0. The monoisotopic (exact) mass is 1260 g/mol. The van der Waals surface area contributed by atoms with Crippen LogP contribution in [0, 0.1) is 91.6 Å². The molecule has 0 rings (SSSR count). The fourth-order valence-corrected chi connectivity index (χ4v) is 7.06. The summed E-state index contributed by atoms with van der Waals surface area (Å²) in [5.74, 6) is 0. The zero-order valence-corrected chi connectivity index (χ0v) is 59.2. The molecule has 24 nitrogen and oxygen atoms in total. The SMILES string of the molecule is CC[N+](C#N)(CC)CC.CC[N+](C#N)(CC)CC.CC[N+](C#N)(CC)CC.CC[N+](C#N)(CC)CC.CC[N+](C#N)(CC)CC.CC[N+](C#N)(CC)CC.CC[N+](C#N)(CC)CC.CC[N+](C#N)(CC)CC.[O-]B([O-])F.[O-]B([O-])F.[O-]B([O-])F.[O-]B([O-])F. The molecule has 0 aliphatic heterocycles. The fourth-order valence-electron chi connectivity index (χ4n) is 7.06. The molecule has 0 aromatic rings. The second-order valence-corrected chi connectivity index (χ2v) is 18.6. The number of nitriles is 8. The molecule has 0 radical (unpaired) electrons. The molecule has 32 heteroatoms. The molecule has 88 heavy (non-hydrogen) atoms. The molecule has 0 aliphatic rings. The van der Waals surface area contributed by atoms with E-state index in [4.69, 9.17) is 82.3 Å². The zero-order chi connectivity index (χ0) is 72.9. The molecule has 0 unspecified atom stereocenters. The second kappa shape index (κ2) is 71.3. The zero-order valence-electron chi connectivity index (χ0n) is 59.2. The average Bonchev–Trinajstić information content (AvgIpc) is 3.53. The summed E-state index contributed by atoms with van der Waals surface area (Å²) in [7, 11) is -12.7. The molecule has 0 spiro atoms. The van der Waals surface area contributed by atoms with Gasteiger partial charge in [0.25, 0.3) is 0 Å². The largest absolute Gasteiger partial charge is 0.867 e. The van der Waals surface area contributed by atoms with Crippen LogP contribution in [0.5, 0.6) is 0 Å². The number of hydrogen-bond donors (Lipinski definition) is 0. The van der Waals surface area contributed by atoms with Gasteiger partial charge in [-0.15, -0.1) is 42.1 Å². The number of quaternary nitrogens is 8. The van der Waals surface area contributed by atoms with Crippen molar-refractivity contribution in [3.8, 4) is 49.5 Å². The van der Waals surface area contributed by atoms with Crippen molar-refractivity contribution in [3.05, 3.63) is 0 Å². The van der Waals surface area contributed by atoms with Crippen LogP contribution in [-0.4, -0.2) is 223 Å². The first-order valence-corrected chi connectivity index (χ1v) is 30.9. The molecule has 512 valence electrons. The molecular formula is C56H120B4F4N16O8. The van der Waals surface area contributed by atoms with Crippen molar-refractivity contribution in [1.29, 1.82) is 42.1 Å². The van der Waals surface area contributed by atoms with E-state index < -0.39 is 29.6 Å². The molecule has 0 aromatic carbocycles. The summed E-state index contributed by atoms with van der Waals surface area (Å²) in [6.07, 6.45) is 18.4. The first kappa shape index (κ1) is 111. The molecule has 0 aliphatic carbocycles. The van der Waals surface area contributed by atoms with Crippen molar-refractivity contribution in [3.63, 3.8) is 0 Å². The minimum atomic E-state index is -3.17. The Morgan fingerprint density at radius 1 is 0.182 bits per heavy atom. The summed E-state index contributed by atoms with van der Waals surface area (Å²) in [5, 5.41) is 136. The molecule has 0 saturated carbocycles. The first-order valence-electron chi connectivity index (χ1n) is 30.9. The van der Waals surface area contributed by atoms with E-state index in [2.05, 4.69) is 216 Å². The molecule has 0 heterocycles. The van der Waals surface area contributed by atoms with Gasteiger partial charge < -0.3 is 57.5 Å². The van der Waals surface area contributed by atoms with E-state index in [-0.39, 0.29) is 0 Å². The van der Waals surface area contributed by atoms with E-state index in [1.165, 1.54) is 0 Å². The smallest absolute Gasteiger partial charge is 0.308 e. The number of nitrogens with zero attached hydrogens (tertiary/aromatic N) is 16. The van der Waals surface area contributed by atoms with Gasteiger partial charge in [-0.25, -0.2) is 35.9 Å². The predicted octanol–water partition coefficient (Wildman–Crippen LogP) is 1.40. The molecule has 0 saturated heterocycles. The topological polar surface area (TPSA) is 375 Å². The summed E-state index contributed by atoms with van der Waals surface area (Å²) in [6.45, 7) is 71.3. The van der Waals surface area contributed by atoms with Crippen LogP contribution in [0.3, 0.4) is 0 Å². The Morgan fingerprint density at radius 3 is 0.216 bits per heavy atom. The van der Waals surface area contributed by atoms with Gasteiger partial charge in [-0.1, -0.05) is 0 Å². The van der Waals surface area contributed by atoms with Crippen LogP contribution in [0.1, 0.15) is 166 Å². The minimum Gasteiger partial charge on any atom is -0.867 e. The van der Waals surface area contributed by atoms with Crippen molar-refractivity contribution < 1.29 is 93.3 Å². The van der Waals surface area contributed by atoms with Crippen LogP contribution in [0.25, 0.3) is 0 Å². The predicted molar refractivity (Wildman–Crippen MR) is 327 cm³/mol. The maximum atomic E-state index is 9.89. The van der Waals surface area contributed by atoms with Gasteiger partial charge in [0.05, 0.1) is 157 Å². The Kier molecular flexibility index (Phi) is 89.9. The fraction of sp³-hybridized carbons (Fsp3) is 0.857. The van der Waals surface area contributed by atoms with Crippen LogP contribution in [-0.2, 0) is 0 Å². The van der Waals surface area contributed by atoms with Crippen molar-refractivity contribution in [2.75, 3.05) is 157 Å². The van der Waals surface area contributed by atoms with Gasteiger partial charge in [0.15, 0.2) is 0 Å². The van der Waals surface area contributed by atoms with E-state index in [1.54, 1.807) is 0 Å². The third kappa shape index (κ3) is 62.9. The lowest BCUT2D eigenvalue weighted by atomic mass is 10.3. The lowest BCUT2D eigenvalue weighted by Gasteiger charge is -2.24. The van der Waals surface area contributed by atoms with Crippen LogP contribution in [0.2, 0.25) is 0 Å². The van der Waals surface area contributed by atoms with Gasteiger partial charge in [-0.05, 0) is 166 Å². The van der Waals surface area contributed by atoms with E-state index in [0.717, 1.165) is 157 Å². The van der Waals surface area contributed by atoms with Crippen LogP contribution in [0.4, 0.5) is 17.3 Å². The quantitative estimate of drug-likeness (QED) is 0.0570. The van der Waals surface area contributed by atoms with Crippen molar-refractivity contribution >= 4 is 29.6 Å². The van der Waals surface area contributed by atoms with Crippen molar-refractivity contribution in [1.82, 2.24) is 0 Å². The summed E-state index contributed by atoms with van der Waals surface area (Å²) in [4.78, 5) is 0. The third-order valence-electron chi connectivity index (χ3n) is 16.2. The highest BCUT2D eigenvalue weighted by Crippen LogP contribution is 2.06. The highest BCUT2D eigenvalue weighted by molar-refractivity contribution is 6.27. The van der Waals surface area contributed by atoms with Gasteiger partial charge in [-0.3, -0.25) is 0 Å². The molecule has 0 fully saturated rings. The van der Waals surface area contributed by atoms with E-state index >= 15 is 0 Å². The average molecular weight is 1260 g/mol. The number of halogens is 4. The summed E-state index contributed by atoms with van der Waals surface area (Å²) < 4.78 is 44.2. The standard InChI is InChI=1S/8C7H15N2.4BFO2/c8*1-4-9(5-2,6-3)7-8;4*2-1(3)4/h8*4-6H2,1-3H3;;;;/q8*+1;4*-2. The van der Waals surface area contributed by atoms with Gasteiger partial charge >= 0.3 is 49.5 Å². The lowest BCUT2D eigenvalue weighted by Crippen LogP contribution is -2.42. The van der Waals surface area contributed by atoms with Crippen molar-refractivity contribution in [2.24, 2.45) is 0 Å². The molecular weight excluding hydrogens is 1140 g/mol. The van der Waals surface area contributed by atoms with Gasteiger partial charge in [0, 0.05) is 0 Å². The minimum absolute atomic E-state index is 0.583. The normalized spacial score (nSPS) is 10.1. The molecule has 0 amide bonds. The van der Waals surface area contributed by atoms with Crippen LogP contribution < -0.4 is 40.2 Å². The van der Waals surface area contributed by atoms with Gasteiger partial charge in [0.1, 0.15) is 29.6 Å². The van der Waals surface area contributed by atoms with E-state index in [1.807, 2.05) is 0 Å². The maximum absolute atomic E-state index is 9.89. The molecule has 0 aromatic heterocycles. The Bertz CT molecular complexity index is 1410. The highest BCUT2D eigenvalue weighted by atomic mass is 19.1. The van der Waals surface area contributed by atoms with E-state index in [0.29, 0.717) is 35.9 Å². The maximum Gasteiger partial charge on any atom is 0.308 e. The van der Waals surface area contributed by atoms with Gasteiger partial charge in [0.2, 0.25) is 0 Å². The molecule has 0 atom stereocenters. The highest BCUT2D eigenvalue weighted by Gasteiger charge is 2.24. The first-order chi connectivity index (χ1) is 40.9. The summed E-state index contributed by atoms with van der Waals surface area (Å²) in [6, 6.07) is 0. The Balaban J connectivity index is -0.0000000724. The lowest BCUT2D eigenvalue weighted by molar-refractivity contribution is -0.860. The van der Waals surface area contributed by atoms with Crippen LogP contribution in [0.15, 0.2) is 0 Å². The number of hydrogen-bond acceptors (Lipinski definition) is 16. The summed E-state index contributed by atoms with van der Waals surface area (Å²) >= 11 is 0. The Labute approximate surface area is 536 Å². The van der Waals surface area contributed by atoms with E-state index in [9.17, 15) is 17.3 Å². The Hall–Kier alpha value is -4.74. The van der Waals surface area contributed by atoms with Crippen molar-refractivity contribution in [2.45, 2.75) is 166 Å². The van der Waals surface area contributed by atoms with Crippen LogP contribution >= 0.6 is 0 Å². The second-order valence-electron chi connectivity index (χ2n) is 18.6. The molecule has 0 N–H and O–H groups in total.